The molecule has 3 aliphatic heterocycles. The molecule has 0 saturated carbocycles. The predicted octanol–water partition coefficient (Wildman–Crippen LogP) is 10.1. The SMILES string of the molecule is Cc1cc2c3c(c1)N(c1ccccc1)c1oc4ccccc4c1B3N1c3ccccc3C3(c4ccccc4-c4ccccc43)c3cccc-2c31. The number of benzene rings is 7. The summed E-state index contributed by atoms with van der Waals surface area (Å²) in [7, 11) is 0. The topological polar surface area (TPSA) is 19.6 Å². The average molecular weight is 637 g/mol. The molecule has 1 spiro atoms. The van der Waals surface area contributed by atoms with Gasteiger partial charge in [0, 0.05) is 39.2 Å². The smallest absolute Gasteiger partial charge is 0.337 e. The summed E-state index contributed by atoms with van der Waals surface area (Å²) in [4.78, 5) is 5.02. The summed E-state index contributed by atoms with van der Waals surface area (Å²) in [6.45, 7) is 2.13. The molecule has 0 unspecified atom stereocenters. The summed E-state index contributed by atoms with van der Waals surface area (Å²) in [6, 6.07) is 58.4. The largest absolute Gasteiger partial charge is 0.440 e. The average Bonchev–Trinajstić information content (AvgIpc) is 3.69. The van der Waals surface area contributed by atoms with Gasteiger partial charge in [-0.2, -0.15) is 0 Å². The van der Waals surface area contributed by atoms with Crippen LogP contribution in [0.1, 0.15) is 27.8 Å². The van der Waals surface area contributed by atoms with Crippen molar-refractivity contribution in [2.75, 3.05) is 9.71 Å². The molecule has 0 amide bonds. The first kappa shape index (κ1) is 26.7. The molecule has 1 aliphatic carbocycles. The van der Waals surface area contributed by atoms with Gasteiger partial charge in [-0.3, -0.25) is 4.90 Å². The van der Waals surface area contributed by atoms with Crippen molar-refractivity contribution in [1.82, 2.24) is 0 Å². The van der Waals surface area contributed by atoms with Gasteiger partial charge in [0.05, 0.1) is 5.41 Å². The number of aryl methyl sites for hydroxylation is 1. The summed E-state index contributed by atoms with van der Waals surface area (Å²) in [5, 5.41) is 1.15. The Bertz CT molecular complexity index is 2720. The first-order valence-electron chi connectivity index (χ1n) is 17.5. The van der Waals surface area contributed by atoms with Crippen molar-refractivity contribution in [3.8, 4) is 22.3 Å². The highest BCUT2D eigenvalue weighted by Gasteiger charge is 2.56. The Morgan fingerprint density at radius 1 is 0.520 bits per heavy atom. The molecule has 4 heteroatoms. The fourth-order valence-corrected chi connectivity index (χ4v) is 9.97. The lowest BCUT2D eigenvalue weighted by Gasteiger charge is -2.51. The molecule has 0 fully saturated rings. The lowest BCUT2D eigenvalue weighted by molar-refractivity contribution is 0.622. The van der Waals surface area contributed by atoms with E-state index in [0.29, 0.717) is 0 Å². The van der Waals surface area contributed by atoms with Crippen LogP contribution in [0.3, 0.4) is 0 Å². The Morgan fingerprint density at radius 2 is 1.16 bits per heavy atom. The second-order valence-electron chi connectivity index (χ2n) is 14.1. The Balaban J connectivity index is 1.27. The van der Waals surface area contributed by atoms with E-state index < -0.39 is 5.41 Å². The van der Waals surface area contributed by atoms with Crippen LogP contribution in [0.25, 0.3) is 33.2 Å². The van der Waals surface area contributed by atoms with E-state index >= 15 is 0 Å². The zero-order chi connectivity index (χ0) is 32.7. The molecule has 3 nitrogen and oxygen atoms in total. The minimum absolute atomic E-state index is 0.0988. The molecule has 0 bridgehead atoms. The van der Waals surface area contributed by atoms with Crippen molar-refractivity contribution in [3.05, 3.63) is 186 Å². The maximum atomic E-state index is 6.95. The van der Waals surface area contributed by atoms with Crippen molar-refractivity contribution in [1.29, 1.82) is 0 Å². The second-order valence-corrected chi connectivity index (χ2v) is 14.1. The van der Waals surface area contributed by atoms with Crippen LogP contribution in [-0.4, -0.2) is 6.85 Å². The van der Waals surface area contributed by atoms with E-state index in [0.717, 1.165) is 22.5 Å². The number of nitrogens with zero attached hydrogens (tertiary/aromatic N) is 2. The third-order valence-electron chi connectivity index (χ3n) is 11.7. The molecule has 4 heterocycles. The first-order valence-corrected chi connectivity index (χ1v) is 17.5. The number of hydrogen-bond donors (Lipinski definition) is 0. The fraction of sp³-hybridized carbons (Fsp3) is 0.0435. The third-order valence-corrected chi connectivity index (χ3v) is 11.7. The molecule has 7 aromatic carbocycles. The number of para-hydroxylation sites is 4. The Labute approximate surface area is 290 Å². The van der Waals surface area contributed by atoms with Gasteiger partial charge in [-0.1, -0.05) is 127 Å². The highest BCUT2D eigenvalue weighted by atomic mass is 16.4. The number of anilines is 5. The van der Waals surface area contributed by atoms with E-state index in [1.165, 1.54) is 78.1 Å². The van der Waals surface area contributed by atoms with E-state index in [1.54, 1.807) is 0 Å². The van der Waals surface area contributed by atoms with Crippen LogP contribution < -0.4 is 20.6 Å². The van der Waals surface area contributed by atoms with Gasteiger partial charge in [-0.25, -0.2) is 0 Å². The standard InChI is InChI=1S/C46H29BN2O/c1-28-26-34-32-19-13-23-38-44(32)49(39-24-11-10-22-37(39)46(38)35-20-8-5-16-30(35)31-17-6-9-21-36(31)46)47-42(34)40(27-28)48(29-14-3-2-4-15-29)45-43(47)33-18-7-12-25-41(33)50-45/h2-27H,1H3. The van der Waals surface area contributed by atoms with E-state index in [1.807, 2.05) is 0 Å². The van der Waals surface area contributed by atoms with E-state index in [-0.39, 0.29) is 6.85 Å². The van der Waals surface area contributed by atoms with Crippen molar-refractivity contribution >= 4 is 57.4 Å². The second kappa shape index (κ2) is 9.25. The van der Waals surface area contributed by atoms with Gasteiger partial charge in [0.25, 0.3) is 0 Å². The monoisotopic (exact) mass is 636 g/mol. The molecule has 0 N–H and O–H groups in total. The maximum absolute atomic E-state index is 6.95. The fourth-order valence-electron chi connectivity index (χ4n) is 9.97. The van der Waals surface area contributed by atoms with E-state index in [4.69, 9.17) is 4.42 Å². The lowest BCUT2D eigenvalue weighted by Crippen LogP contribution is -2.63. The van der Waals surface area contributed by atoms with Crippen LogP contribution in [0.2, 0.25) is 0 Å². The first-order chi connectivity index (χ1) is 24.7. The molecule has 232 valence electrons. The third kappa shape index (κ3) is 3.01. The molecule has 1 aromatic heterocycles. The number of hydrogen-bond acceptors (Lipinski definition) is 3. The number of rotatable bonds is 1. The van der Waals surface area contributed by atoms with Crippen LogP contribution in [0.5, 0.6) is 0 Å². The Morgan fingerprint density at radius 3 is 1.96 bits per heavy atom. The molecular formula is C46H29BN2O. The van der Waals surface area contributed by atoms with Crippen LogP contribution in [0.15, 0.2) is 162 Å². The summed E-state index contributed by atoms with van der Waals surface area (Å²) >= 11 is 0. The maximum Gasteiger partial charge on any atom is 0.337 e. The van der Waals surface area contributed by atoms with Crippen molar-refractivity contribution in [2.45, 2.75) is 12.3 Å². The van der Waals surface area contributed by atoms with Crippen LogP contribution >= 0.6 is 0 Å². The highest BCUT2D eigenvalue weighted by Crippen LogP contribution is 2.64. The minimum atomic E-state index is -0.457. The van der Waals surface area contributed by atoms with Crippen molar-refractivity contribution in [3.63, 3.8) is 0 Å². The van der Waals surface area contributed by atoms with Gasteiger partial charge >= 0.3 is 6.85 Å². The van der Waals surface area contributed by atoms with Crippen molar-refractivity contribution < 1.29 is 4.42 Å². The number of furan rings is 1. The van der Waals surface area contributed by atoms with Crippen LogP contribution in [-0.2, 0) is 5.41 Å². The molecule has 0 radical (unpaired) electrons. The van der Waals surface area contributed by atoms with Gasteiger partial charge < -0.3 is 9.23 Å². The van der Waals surface area contributed by atoms with Crippen LogP contribution in [0, 0.1) is 6.92 Å². The lowest BCUT2D eigenvalue weighted by atomic mass is 9.42. The van der Waals surface area contributed by atoms with Crippen LogP contribution in [0.4, 0.5) is 28.6 Å². The predicted molar refractivity (Wildman–Crippen MR) is 206 cm³/mol. The molecule has 0 atom stereocenters. The van der Waals surface area contributed by atoms with Gasteiger partial charge in [-0.15, -0.1) is 0 Å². The molecule has 12 rings (SSSR count). The molecule has 0 saturated heterocycles. The van der Waals surface area contributed by atoms with Gasteiger partial charge in [-0.05, 0) is 87.2 Å². The summed E-state index contributed by atoms with van der Waals surface area (Å²) in [6.07, 6.45) is 0. The zero-order valence-corrected chi connectivity index (χ0v) is 27.4. The zero-order valence-electron chi connectivity index (χ0n) is 27.4. The molecule has 50 heavy (non-hydrogen) atoms. The summed E-state index contributed by atoms with van der Waals surface area (Å²) in [5.41, 5.74) is 19.6. The Kier molecular flexibility index (Phi) is 4.93. The highest BCUT2D eigenvalue weighted by molar-refractivity contribution is 6.95. The molecule has 8 aromatic rings. The summed E-state index contributed by atoms with van der Waals surface area (Å²) in [5.74, 6) is 0.890. The normalized spacial score (nSPS) is 14.9. The minimum Gasteiger partial charge on any atom is -0.440 e. The van der Waals surface area contributed by atoms with E-state index in [2.05, 4.69) is 174 Å². The van der Waals surface area contributed by atoms with Gasteiger partial charge in [0.1, 0.15) is 5.58 Å². The van der Waals surface area contributed by atoms with Gasteiger partial charge in [0.2, 0.25) is 5.88 Å². The van der Waals surface area contributed by atoms with Crippen molar-refractivity contribution in [2.24, 2.45) is 0 Å². The quantitative estimate of drug-likeness (QED) is 0.167. The Hall–Kier alpha value is -6.26. The number of fused-ring (bicyclic) bond motifs is 15. The molecule has 4 aliphatic rings. The summed E-state index contributed by atoms with van der Waals surface area (Å²) < 4.78 is 6.95. The van der Waals surface area contributed by atoms with E-state index in [9.17, 15) is 0 Å². The molecular weight excluding hydrogens is 607 g/mol. The van der Waals surface area contributed by atoms with Gasteiger partial charge in [0.15, 0.2) is 0 Å².